The highest BCUT2D eigenvalue weighted by Crippen LogP contribution is 2.43. The van der Waals surface area contributed by atoms with Crippen molar-refractivity contribution >= 4 is 5.97 Å². The maximum atomic E-state index is 11.8. The van der Waals surface area contributed by atoms with Crippen LogP contribution in [-0.4, -0.2) is 30.1 Å². The molecular formula is C14H17NO2. The summed E-state index contributed by atoms with van der Waals surface area (Å²) in [5.41, 5.74) is 1.16. The number of nitrogens with zero attached hydrogens (tertiary/aromatic N) is 1. The topological polar surface area (TPSA) is 29.3 Å². The maximum absolute atomic E-state index is 11.8. The molecule has 0 amide bonds. The maximum Gasteiger partial charge on any atom is 0.325 e. The van der Waals surface area contributed by atoms with Gasteiger partial charge in [-0.05, 0) is 12.5 Å². The molecule has 1 aliphatic heterocycles. The summed E-state index contributed by atoms with van der Waals surface area (Å²) in [6.07, 6.45) is 1.81. The SMILES string of the molecule is C=CCN1[C@H](C(=O)OCC)[C@H]1c1ccccc1. The van der Waals surface area contributed by atoms with Crippen molar-refractivity contribution in [3.05, 3.63) is 48.6 Å². The van der Waals surface area contributed by atoms with Gasteiger partial charge in [-0.15, -0.1) is 6.58 Å². The molecule has 0 radical (unpaired) electrons. The summed E-state index contributed by atoms with van der Waals surface area (Å²) in [7, 11) is 0. The van der Waals surface area contributed by atoms with E-state index in [1.807, 2.05) is 43.3 Å². The van der Waals surface area contributed by atoms with Crippen molar-refractivity contribution in [1.29, 1.82) is 0 Å². The lowest BCUT2D eigenvalue weighted by Gasteiger charge is -1.99. The van der Waals surface area contributed by atoms with E-state index in [0.717, 1.165) is 5.56 Å². The summed E-state index contributed by atoms with van der Waals surface area (Å²) in [6.45, 7) is 6.68. The molecule has 0 saturated carbocycles. The van der Waals surface area contributed by atoms with Crippen LogP contribution in [0.25, 0.3) is 0 Å². The fourth-order valence-corrected chi connectivity index (χ4v) is 2.17. The number of carbonyl (C=O) groups is 1. The number of hydrogen-bond donors (Lipinski definition) is 0. The van der Waals surface area contributed by atoms with E-state index in [1.54, 1.807) is 0 Å². The zero-order chi connectivity index (χ0) is 12.3. The van der Waals surface area contributed by atoms with E-state index in [2.05, 4.69) is 11.5 Å². The summed E-state index contributed by atoms with van der Waals surface area (Å²) >= 11 is 0. The van der Waals surface area contributed by atoms with E-state index in [0.29, 0.717) is 13.2 Å². The molecule has 1 aromatic carbocycles. The second-order valence-corrected chi connectivity index (χ2v) is 4.04. The minimum Gasteiger partial charge on any atom is -0.465 e. The molecule has 1 heterocycles. The smallest absolute Gasteiger partial charge is 0.325 e. The minimum absolute atomic E-state index is 0.136. The van der Waals surface area contributed by atoms with Gasteiger partial charge in [0.05, 0.1) is 12.6 Å². The van der Waals surface area contributed by atoms with Crippen LogP contribution in [0.5, 0.6) is 0 Å². The average Bonchev–Trinajstić information content (AvgIpc) is 3.05. The standard InChI is InChI=1S/C14H17NO2/c1-3-10-15-12(11-8-6-5-7-9-11)13(15)14(16)17-4-2/h3,5-9,12-13H,1,4,10H2,2H3/t12-,13+,15?/m1/s1. The normalized spacial score (nSPS) is 26.3. The van der Waals surface area contributed by atoms with Crippen molar-refractivity contribution in [1.82, 2.24) is 4.90 Å². The van der Waals surface area contributed by atoms with Crippen LogP contribution in [0.2, 0.25) is 0 Å². The molecular weight excluding hydrogens is 214 g/mol. The van der Waals surface area contributed by atoms with Crippen LogP contribution in [0, 0.1) is 0 Å². The molecule has 90 valence electrons. The fourth-order valence-electron chi connectivity index (χ4n) is 2.17. The summed E-state index contributed by atoms with van der Waals surface area (Å²) < 4.78 is 5.08. The van der Waals surface area contributed by atoms with Gasteiger partial charge in [-0.1, -0.05) is 36.4 Å². The third-order valence-corrected chi connectivity index (χ3v) is 2.93. The Morgan fingerprint density at radius 3 is 2.76 bits per heavy atom. The zero-order valence-corrected chi connectivity index (χ0v) is 10.0. The van der Waals surface area contributed by atoms with Gasteiger partial charge in [0, 0.05) is 6.54 Å². The van der Waals surface area contributed by atoms with Gasteiger partial charge in [0.1, 0.15) is 6.04 Å². The molecule has 3 heteroatoms. The van der Waals surface area contributed by atoms with Gasteiger partial charge < -0.3 is 4.74 Å². The lowest BCUT2D eigenvalue weighted by molar-refractivity contribution is -0.143. The van der Waals surface area contributed by atoms with Gasteiger partial charge in [-0.25, -0.2) is 0 Å². The Labute approximate surface area is 102 Å². The summed E-state index contributed by atoms with van der Waals surface area (Å²) in [4.78, 5) is 13.9. The number of rotatable bonds is 5. The first kappa shape index (κ1) is 11.9. The van der Waals surface area contributed by atoms with Crippen LogP contribution in [0.15, 0.2) is 43.0 Å². The molecule has 1 fully saturated rings. The third-order valence-electron chi connectivity index (χ3n) is 2.93. The number of benzene rings is 1. The molecule has 3 atom stereocenters. The van der Waals surface area contributed by atoms with Gasteiger partial charge in [0.2, 0.25) is 0 Å². The molecule has 1 aromatic rings. The first-order valence-electron chi connectivity index (χ1n) is 5.87. The van der Waals surface area contributed by atoms with Crippen LogP contribution in [0.1, 0.15) is 18.5 Å². The zero-order valence-electron chi connectivity index (χ0n) is 10.0. The van der Waals surface area contributed by atoms with Gasteiger partial charge in [0.15, 0.2) is 0 Å². The van der Waals surface area contributed by atoms with Crippen molar-refractivity contribution in [2.24, 2.45) is 0 Å². The van der Waals surface area contributed by atoms with Gasteiger partial charge >= 0.3 is 5.97 Å². The van der Waals surface area contributed by atoms with E-state index >= 15 is 0 Å². The highest BCUT2D eigenvalue weighted by Gasteiger charge is 2.53. The van der Waals surface area contributed by atoms with Crippen molar-refractivity contribution in [3.63, 3.8) is 0 Å². The lowest BCUT2D eigenvalue weighted by Crippen LogP contribution is -2.16. The third kappa shape index (κ3) is 2.39. The highest BCUT2D eigenvalue weighted by atomic mass is 16.5. The molecule has 2 rings (SSSR count). The van der Waals surface area contributed by atoms with Crippen LogP contribution >= 0.6 is 0 Å². The number of ether oxygens (including phenoxy) is 1. The van der Waals surface area contributed by atoms with Gasteiger partial charge in [0.25, 0.3) is 0 Å². The molecule has 0 aromatic heterocycles. The Balaban J connectivity index is 2.11. The Bertz CT molecular complexity index is 402. The number of carbonyl (C=O) groups excluding carboxylic acids is 1. The van der Waals surface area contributed by atoms with Crippen molar-refractivity contribution in [3.8, 4) is 0 Å². The molecule has 0 aliphatic carbocycles. The molecule has 0 bridgehead atoms. The van der Waals surface area contributed by atoms with E-state index in [1.165, 1.54) is 0 Å². The first-order valence-corrected chi connectivity index (χ1v) is 5.87. The second kappa shape index (κ2) is 5.15. The quantitative estimate of drug-likeness (QED) is 0.442. The average molecular weight is 231 g/mol. The lowest BCUT2D eigenvalue weighted by atomic mass is 10.1. The summed E-state index contributed by atoms with van der Waals surface area (Å²) in [5, 5.41) is 0. The summed E-state index contributed by atoms with van der Waals surface area (Å²) in [6, 6.07) is 10.0. The Morgan fingerprint density at radius 1 is 1.47 bits per heavy atom. The van der Waals surface area contributed by atoms with E-state index < -0.39 is 0 Å². The fraction of sp³-hybridized carbons (Fsp3) is 0.357. The van der Waals surface area contributed by atoms with Crippen molar-refractivity contribution < 1.29 is 9.53 Å². The molecule has 17 heavy (non-hydrogen) atoms. The largest absolute Gasteiger partial charge is 0.465 e. The number of hydrogen-bond acceptors (Lipinski definition) is 3. The van der Waals surface area contributed by atoms with Crippen LogP contribution in [-0.2, 0) is 9.53 Å². The molecule has 1 unspecified atom stereocenters. The molecule has 3 nitrogen and oxygen atoms in total. The van der Waals surface area contributed by atoms with E-state index in [4.69, 9.17) is 4.74 Å². The van der Waals surface area contributed by atoms with Gasteiger partial charge in [-0.3, -0.25) is 9.69 Å². The Hall–Kier alpha value is -1.61. The number of esters is 1. The Kier molecular flexibility index (Phi) is 3.59. The van der Waals surface area contributed by atoms with Crippen molar-refractivity contribution in [2.75, 3.05) is 13.2 Å². The van der Waals surface area contributed by atoms with Crippen LogP contribution in [0.3, 0.4) is 0 Å². The Morgan fingerprint density at radius 2 is 2.18 bits per heavy atom. The monoisotopic (exact) mass is 231 g/mol. The second-order valence-electron chi connectivity index (χ2n) is 4.04. The van der Waals surface area contributed by atoms with Crippen molar-refractivity contribution in [2.45, 2.75) is 19.0 Å². The molecule has 0 N–H and O–H groups in total. The first-order chi connectivity index (χ1) is 8.29. The predicted octanol–water partition coefficient (Wildman–Crippen LogP) is 2.16. The minimum atomic E-state index is -0.143. The highest BCUT2D eigenvalue weighted by molar-refractivity contribution is 5.80. The predicted molar refractivity (Wildman–Crippen MR) is 66.5 cm³/mol. The van der Waals surface area contributed by atoms with E-state index in [9.17, 15) is 4.79 Å². The summed E-state index contributed by atoms with van der Waals surface area (Å²) in [5.74, 6) is -0.136. The van der Waals surface area contributed by atoms with Crippen LogP contribution < -0.4 is 0 Å². The van der Waals surface area contributed by atoms with Gasteiger partial charge in [-0.2, -0.15) is 0 Å². The van der Waals surface area contributed by atoms with E-state index in [-0.39, 0.29) is 18.1 Å². The molecule has 1 saturated heterocycles. The molecule has 1 aliphatic rings. The van der Waals surface area contributed by atoms with Crippen LogP contribution in [0.4, 0.5) is 0 Å². The molecule has 0 spiro atoms.